The molecule has 0 aliphatic rings. The highest BCUT2D eigenvalue weighted by Crippen LogP contribution is 2.44. The zero-order chi connectivity index (χ0) is 23.5. The second kappa shape index (κ2) is 9.46. The van der Waals surface area contributed by atoms with Gasteiger partial charge in [-0.3, -0.25) is 4.79 Å². The molecule has 2 N–H and O–H groups in total. The molecule has 0 radical (unpaired) electrons. The van der Waals surface area contributed by atoms with Gasteiger partial charge in [0.05, 0.1) is 36.9 Å². The van der Waals surface area contributed by atoms with Gasteiger partial charge < -0.3 is 24.3 Å². The van der Waals surface area contributed by atoms with Crippen LogP contribution < -0.4 is 14.2 Å². The number of hydrogen-bond donors (Lipinski definition) is 2. The van der Waals surface area contributed by atoms with Crippen LogP contribution in [0.15, 0.2) is 54.6 Å². The molecular formula is C26H24ClNO5. The van der Waals surface area contributed by atoms with Gasteiger partial charge in [0.15, 0.2) is 11.5 Å². The van der Waals surface area contributed by atoms with Gasteiger partial charge in [-0.1, -0.05) is 48.0 Å². The normalized spacial score (nSPS) is 10.9. The number of aromatic amines is 1. The van der Waals surface area contributed by atoms with Crippen molar-refractivity contribution in [3.8, 4) is 28.5 Å². The molecule has 0 saturated carbocycles. The number of carbonyl (C=O) groups is 1. The molecule has 170 valence electrons. The van der Waals surface area contributed by atoms with Gasteiger partial charge in [0.1, 0.15) is 6.61 Å². The lowest BCUT2D eigenvalue weighted by atomic mass is 10.0. The zero-order valence-corrected chi connectivity index (χ0v) is 19.3. The molecule has 0 aliphatic carbocycles. The Balaban J connectivity index is 1.85. The van der Waals surface area contributed by atoms with Crippen LogP contribution in [-0.2, 0) is 17.8 Å². The molecule has 3 aromatic carbocycles. The van der Waals surface area contributed by atoms with Crippen molar-refractivity contribution in [2.75, 3.05) is 14.2 Å². The number of rotatable bonds is 8. The maximum Gasteiger partial charge on any atom is 0.307 e. The van der Waals surface area contributed by atoms with Crippen LogP contribution in [0.1, 0.15) is 16.7 Å². The predicted octanol–water partition coefficient (Wildman–Crippen LogP) is 6.02. The Morgan fingerprint density at radius 3 is 2.30 bits per heavy atom. The minimum atomic E-state index is -0.948. The average Bonchev–Trinajstić information content (AvgIpc) is 3.20. The first-order chi connectivity index (χ1) is 15.9. The molecule has 7 heteroatoms. The van der Waals surface area contributed by atoms with Crippen molar-refractivity contribution in [1.82, 2.24) is 4.98 Å². The van der Waals surface area contributed by atoms with E-state index in [1.807, 2.05) is 55.5 Å². The maximum atomic E-state index is 11.7. The number of ether oxygens (including phenoxy) is 3. The van der Waals surface area contributed by atoms with E-state index in [2.05, 4.69) is 4.98 Å². The number of halogens is 1. The number of fused-ring (bicyclic) bond motifs is 1. The zero-order valence-electron chi connectivity index (χ0n) is 18.6. The number of methoxy groups -OCH3 is 2. The standard InChI is InChI=1S/C26H24ClNO5/c1-15-9-10-19(27)23-18(13-22(29)30)25(28-24(15)23)17-11-20(31-2)26(21(12-17)32-3)33-14-16-7-5-4-6-8-16/h4-12,28H,13-14H2,1-3H3,(H,29,30). The van der Waals surface area contributed by atoms with E-state index in [4.69, 9.17) is 25.8 Å². The van der Waals surface area contributed by atoms with Crippen molar-refractivity contribution in [2.24, 2.45) is 0 Å². The topological polar surface area (TPSA) is 80.8 Å². The van der Waals surface area contributed by atoms with Crippen molar-refractivity contribution < 1.29 is 24.1 Å². The summed E-state index contributed by atoms with van der Waals surface area (Å²) in [4.78, 5) is 15.1. The van der Waals surface area contributed by atoms with Crippen LogP contribution in [0.4, 0.5) is 0 Å². The molecule has 0 saturated heterocycles. The quantitative estimate of drug-likeness (QED) is 0.332. The number of aryl methyl sites for hydroxylation is 1. The first-order valence-corrected chi connectivity index (χ1v) is 10.7. The molecule has 1 aromatic heterocycles. The van der Waals surface area contributed by atoms with E-state index >= 15 is 0 Å². The molecule has 33 heavy (non-hydrogen) atoms. The van der Waals surface area contributed by atoms with Crippen LogP contribution in [0.3, 0.4) is 0 Å². The molecule has 6 nitrogen and oxygen atoms in total. The lowest BCUT2D eigenvalue weighted by Gasteiger charge is -2.16. The largest absolute Gasteiger partial charge is 0.493 e. The van der Waals surface area contributed by atoms with Crippen LogP contribution in [0.5, 0.6) is 17.2 Å². The van der Waals surface area contributed by atoms with Crippen molar-refractivity contribution in [3.63, 3.8) is 0 Å². The lowest BCUT2D eigenvalue weighted by Crippen LogP contribution is -2.03. The van der Waals surface area contributed by atoms with Crippen LogP contribution in [0.2, 0.25) is 5.02 Å². The second-order valence-electron chi connectivity index (χ2n) is 7.65. The van der Waals surface area contributed by atoms with Crippen molar-refractivity contribution in [2.45, 2.75) is 20.0 Å². The number of nitrogens with one attached hydrogen (secondary N) is 1. The fourth-order valence-electron chi connectivity index (χ4n) is 3.93. The Morgan fingerprint density at radius 1 is 1.03 bits per heavy atom. The van der Waals surface area contributed by atoms with Gasteiger partial charge in [-0.25, -0.2) is 0 Å². The number of carboxylic acids is 1. The second-order valence-corrected chi connectivity index (χ2v) is 8.05. The van der Waals surface area contributed by atoms with Crippen molar-refractivity contribution in [3.05, 3.63) is 76.3 Å². The summed E-state index contributed by atoms with van der Waals surface area (Å²) in [6, 6.07) is 17.1. The molecule has 0 bridgehead atoms. The predicted molar refractivity (Wildman–Crippen MR) is 129 cm³/mol. The number of aliphatic carboxylic acids is 1. The molecule has 4 aromatic rings. The van der Waals surface area contributed by atoms with E-state index in [9.17, 15) is 9.90 Å². The van der Waals surface area contributed by atoms with E-state index in [1.54, 1.807) is 20.3 Å². The number of hydrogen-bond acceptors (Lipinski definition) is 4. The van der Waals surface area contributed by atoms with Crippen LogP contribution in [0.25, 0.3) is 22.2 Å². The van der Waals surface area contributed by atoms with Crippen LogP contribution >= 0.6 is 11.6 Å². The highest BCUT2D eigenvalue weighted by molar-refractivity contribution is 6.36. The summed E-state index contributed by atoms with van der Waals surface area (Å²) in [7, 11) is 3.11. The maximum absolute atomic E-state index is 11.7. The third-order valence-corrected chi connectivity index (χ3v) is 5.83. The van der Waals surface area contributed by atoms with Crippen LogP contribution in [-0.4, -0.2) is 30.3 Å². The molecule has 0 unspecified atom stereocenters. The van der Waals surface area contributed by atoms with E-state index in [-0.39, 0.29) is 6.42 Å². The number of aromatic nitrogens is 1. The molecule has 0 aliphatic heterocycles. The van der Waals surface area contributed by atoms with E-state index in [1.165, 1.54) is 0 Å². The summed E-state index contributed by atoms with van der Waals surface area (Å²) in [5, 5.41) is 10.8. The minimum absolute atomic E-state index is 0.185. The smallest absolute Gasteiger partial charge is 0.307 e. The minimum Gasteiger partial charge on any atom is -0.493 e. The Bertz CT molecular complexity index is 1290. The summed E-state index contributed by atoms with van der Waals surface area (Å²) in [6.07, 6.45) is -0.185. The van der Waals surface area contributed by atoms with Crippen LogP contribution in [0, 0.1) is 6.92 Å². The van der Waals surface area contributed by atoms with E-state index in [0.29, 0.717) is 51.1 Å². The van der Waals surface area contributed by atoms with Gasteiger partial charge in [0.2, 0.25) is 5.75 Å². The lowest BCUT2D eigenvalue weighted by molar-refractivity contribution is -0.136. The molecule has 1 heterocycles. The fraction of sp³-hybridized carbons (Fsp3) is 0.192. The van der Waals surface area contributed by atoms with Gasteiger partial charge in [-0.05, 0) is 41.8 Å². The summed E-state index contributed by atoms with van der Waals surface area (Å²) in [5.41, 5.74) is 4.74. The molecule has 4 rings (SSSR count). The Labute approximate surface area is 196 Å². The van der Waals surface area contributed by atoms with Gasteiger partial charge in [-0.2, -0.15) is 0 Å². The first kappa shape index (κ1) is 22.6. The fourth-order valence-corrected chi connectivity index (χ4v) is 4.21. The molecule has 0 spiro atoms. The van der Waals surface area contributed by atoms with Gasteiger partial charge in [-0.15, -0.1) is 0 Å². The highest BCUT2D eigenvalue weighted by atomic mass is 35.5. The Hall–Kier alpha value is -3.64. The third kappa shape index (κ3) is 4.47. The third-order valence-electron chi connectivity index (χ3n) is 5.52. The summed E-state index contributed by atoms with van der Waals surface area (Å²) >= 11 is 6.48. The van der Waals surface area contributed by atoms with Crippen molar-refractivity contribution in [1.29, 1.82) is 0 Å². The first-order valence-electron chi connectivity index (χ1n) is 10.4. The summed E-state index contributed by atoms with van der Waals surface area (Å²) in [5.74, 6) is 0.472. The van der Waals surface area contributed by atoms with E-state index < -0.39 is 5.97 Å². The number of carboxylic acid groups (broad SMARTS) is 1. The molecule has 0 atom stereocenters. The Morgan fingerprint density at radius 2 is 1.70 bits per heavy atom. The van der Waals surface area contributed by atoms with Crippen molar-refractivity contribution >= 4 is 28.5 Å². The molecular weight excluding hydrogens is 442 g/mol. The highest BCUT2D eigenvalue weighted by Gasteiger charge is 2.22. The molecule has 0 fully saturated rings. The summed E-state index contributed by atoms with van der Waals surface area (Å²) in [6.45, 7) is 2.30. The van der Waals surface area contributed by atoms with Gasteiger partial charge in [0, 0.05) is 10.9 Å². The Kier molecular flexibility index (Phi) is 6.47. The van der Waals surface area contributed by atoms with E-state index in [0.717, 1.165) is 16.6 Å². The summed E-state index contributed by atoms with van der Waals surface area (Å²) < 4.78 is 17.3. The number of benzene rings is 3. The average molecular weight is 466 g/mol. The van der Waals surface area contributed by atoms with Gasteiger partial charge >= 0.3 is 5.97 Å². The SMILES string of the molecule is COc1cc(-c2[nH]c3c(C)ccc(Cl)c3c2CC(=O)O)cc(OC)c1OCc1ccccc1. The monoisotopic (exact) mass is 465 g/mol. The number of H-pyrrole nitrogens is 1. The molecule has 0 amide bonds. The van der Waals surface area contributed by atoms with Gasteiger partial charge in [0.25, 0.3) is 0 Å².